The molecule has 0 spiro atoms. The highest BCUT2D eigenvalue weighted by Gasteiger charge is 2.36. The molecule has 2 fully saturated rings. The summed E-state index contributed by atoms with van der Waals surface area (Å²) in [7, 11) is 0. The van der Waals surface area contributed by atoms with E-state index in [1.807, 2.05) is 18.5 Å². The molecule has 1 aliphatic heterocycles. The van der Waals surface area contributed by atoms with E-state index in [2.05, 4.69) is 39.2 Å². The van der Waals surface area contributed by atoms with E-state index >= 15 is 0 Å². The molecule has 2 aliphatic rings. The fourth-order valence-corrected chi connectivity index (χ4v) is 3.43. The van der Waals surface area contributed by atoms with Crippen molar-refractivity contribution in [3.05, 3.63) is 42.1 Å². The highest BCUT2D eigenvalue weighted by atomic mass is 16.3. The van der Waals surface area contributed by atoms with Gasteiger partial charge in [-0.05, 0) is 43.4 Å². The molecule has 23 heavy (non-hydrogen) atoms. The maximum Gasteiger partial charge on any atom is 0.225 e. The van der Waals surface area contributed by atoms with Crippen molar-refractivity contribution in [3.8, 4) is 0 Å². The van der Waals surface area contributed by atoms with Crippen LogP contribution in [0.1, 0.15) is 43.6 Å². The molecule has 0 aromatic carbocycles. The molecule has 2 aromatic heterocycles. The lowest BCUT2D eigenvalue weighted by Gasteiger charge is -2.33. The number of anilines is 1. The fourth-order valence-electron chi connectivity index (χ4n) is 3.43. The van der Waals surface area contributed by atoms with Crippen LogP contribution in [0, 0.1) is 5.92 Å². The molecule has 1 aliphatic carbocycles. The van der Waals surface area contributed by atoms with Gasteiger partial charge >= 0.3 is 0 Å². The highest BCUT2D eigenvalue weighted by Crippen LogP contribution is 2.47. The van der Waals surface area contributed by atoms with Gasteiger partial charge in [0.15, 0.2) is 0 Å². The molecule has 1 saturated heterocycles. The lowest BCUT2D eigenvalue weighted by atomic mass is 10.1. The normalized spacial score (nSPS) is 27.2. The largest absolute Gasteiger partial charge is 0.464 e. The molecule has 5 heteroatoms. The summed E-state index contributed by atoms with van der Waals surface area (Å²) >= 11 is 0. The van der Waals surface area contributed by atoms with Crippen molar-refractivity contribution in [3.63, 3.8) is 0 Å². The first-order valence-corrected chi connectivity index (χ1v) is 8.63. The minimum absolute atomic E-state index is 0.459. The molecule has 0 amide bonds. The summed E-state index contributed by atoms with van der Waals surface area (Å²) in [6, 6.07) is 6.59. The Balaban J connectivity index is 1.31. The summed E-state index contributed by atoms with van der Waals surface area (Å²) in [6.45, 7) is 5.08. The van der Waals surface area contributed by atoms with E-state index in [4.69, 9.17) is 4.42 Å². The number of nitrogens with zero attached hydrogens (tertiary/aromatic N) is 3. The van der Waals surface area contributed by atoms with Gasteiger partial charge in [-0.15, -0.1) is 0 Å². The Morgan fingerprint density at radius 2 is 2.13 bits per heavy atom. The van der Waals surface area contributed by atoms with Gasteiger partial charge in [0.2, 0.25) is 5.95 Å². The van der Waals surface area contributed by atoms with Crippen molar-refractivity contribution >= 4 is 5.95 Å². The second-order valence-electron chi connectivity index (χ2n) is 6.84. The van der Waals surface area contributed by atoms with Crippen LogP contribution in [0.3, 0.4) is 0 Å². The Labute approximate surface area is 137 Å². The predicted molar refractivity (Wildman–Crippen MR) is 89.3 cm³/mol. The Morgan fingerprint density at radius 1 is 1.30 bits per heavy atom. The Morgan fingerprint density at radius 3 is 2.91 bits per heavy atom. The van der Waals surface area contributed by atoms with Crippen molar-refractivity contribution in [1.82, 2.24) is 15.3 Å². The van der Waals surface area contributed by atoms with Gasteiger partial charge in [-0.2, -0.15) is 0 Å². The average Bonchev–Trinajstić information content (AvgIpc) is 3.15. The van der Waals surface area contributed by atoms with Gasteiger partial charge in [0.05, 0.1) is 6.54 Å². The Bertz CT molecular complexity index is 641. The molecule has 3 heterocycles. The van der Waals surface area contributed by atoms with Gasteiger partial charge in [0.1, 0.15) is 11.5 Å². The van der Waals surface area contributed by atoms with E-state index in [-0.39, 0.29) is 0 Å². The third-order valence-corrected chi connectivity index (χ3v) is 4.98. The van der Waals surface area contributed by atoms with Crippen LogP contribution in [0.15, 0.2) is 35.0 Å². The molecule has 0 unspecified atom stereocenters. The van der Waals surface area contributed by atoms with Crippen LogP contribution in [0.4, 0.5) is 5.95 Å². The van der Waals surface area contributed by atoms with Crippen LogP contribution in [0.25, 0.3) is 0 Å². The number of rotatable bonds is 5. The van der Waals surface area contributed by atoms with Gasteiger partial charge in [-0.25, -0.2) is 9.97 Å². The Hall–Kier alpha value is -1.88. The number of hydrogen-bond acceptors (Lipinski definition) is 5. The number of piperidine rings is 1. The smallest absolute Gasteiger partial charge is 0.225 e. The SMILES string of the molecule is C[C@@H]1C[C@H]1c1ccc(CN[C@@H]2CCCN(c3ncccn3)C2)o1. The summed E-state index contributed by atoms with van der Waals surface area (Å²) in [4.78, 5) is 11.0. The summed E-state index contributed by atoms with van der Waals surface area (Å²) < 4.78 is 5.98. The van der Waals surface area contributed by atoms with Crippen LogP contribution in [0.5, 0.6) is 0 Å². The van der Waals surface area contributed by atoms with Crippen molar-refractivity contribution in [1.29, 1.82) is 0 Å². The number of furan rings is 1. The summed E-state index contributed by atoms with van der Waals surface area (Å²) in [5.41, 5.74) is 0. The zero-order valence-corrected chi connectivity index (χ0v) is 13.6. The van der Waals surface area contributed by atoms with Gasteiger partial charge in [0.25, 0.3) is 0 Å². The minimum Gasteiger partial charge on any atom is -0.464 e. The van der Waals surface area contributed by atoms with Crippen molar-refractivity contribution in [2.45, 2.75) is 44.7 Å². The van der Waals surface area contributed by atoms with E-state index < -0.39 is 0 Å². The molecule has 3 atom stereocenters. The topological polar surface area (TPSA) is 54.2 Å². The van der Waals surface area contributed by atoms with Crippen LogP contribution in [-0.4, -0.2) is 29.1 Å². The van der Waals surface area contributed by atoms with Gasteiger partial charge in [0, 0.05) is 37.4 Å². The molecule has 0 bridgehead atoms. The summed E-state index contributed by atoms with van der Waals surface area (Å²) in [6.07, 6.45) is 7.25. The molecule has 2 aromatic rings. The fraction of sp³-hybridized carbons (Fsp3) is 0.556. The molecule has 0 radical (unpaired) electrons. The highest BCUT2D eigenvalue weighted by molar-refractivity contribution is 5.29. The van der Waals surface area contributed by atoms with E-state index in [1.165, 1.54) is 19.3 Å². The van der Waals surface area contributed by atoms with E-state index in [0.717, 1.165) is 43.0 Å². The molecule has 4 rings (SSSR count). The maximum absolute atomic E-state index is 5.98. The number of nitrogens with one attached hydrogen (secondary N) is 1. The molecular formula is C18H24N4O. The van der Waals surface area contributed by atoms with Crippen LogP contribution >= 0.6 is 0 Å². The standard InChI is InChI=1S/C18H24N4O/c1-13-10-16(13)17-6-5-15(23-17)11-21-14-4-2-9-22(12-14)18-19-7-3-8-20-18/h3,5-8,13-14,16,21H,2,4,9-12H2,1H3/t13-,14-,16-/m1/s1. The molecule has 122 valence electrons. The summed E-state index contributed by atoms with van der Waals surface area (Å²) in [5, 5.41) is 3.63. The van der Waals surface area contributed by atoms with Crippen LogP contribution < -0.4 is 10.2 Å². The lowest BCUT2D eigenvalue weighted by Crippen LogP contribution is -2.46. The van der Waals surface area contributed by atoms with Gasteiger partial charge in [-0.3, -0.25) is 0 Å². The zero-order chi connectivity index (χ0) is 15.6. The van der Waals surface area contributed by atoms with E-state index in [9.17, 15) is 0 Å². The third kappa shape index (κ3) is 3.39. The number of aromatic nitrogens is 2. The molecular weight excluding hydrogens is 288 g/mol. The van der Waals surface area contributed by atoms with Crippen molar-refractivity contribution in [2.24, 2.45) is 5.92 Å². The average molecular weight is 312 g/mol. The first-order chi connectivity index (χ1) is 11.3. The molecule has 5 nitrogen and oxygen atoms in total. The second kappa shape index (κ2) is 6.32. The van der Waals surface area contributed by atoms with E-state index in [1.54, 1.807) is 0 Å². The van der Waals surface area contributed by atoms with E-state index in [0.29, 0.717) is 12.0 Å². The second-order valence-corrected chi connectivity index (χ2v) is 6.84. The van der Waals surface area contributed by atoms with Crippen LogP contribution in [-0.2, 0) is 6.54 Å². The minimum atomic E-state index is 0.459. The molecule has 1 saturated carbocycles. The number of hydrogen-bond donors (Lipinski definition) is 1. The first kappa shape index (κ1) is 14.7. The first-order valence-electron chi connectivity index (χ1n) is 8.63. The van der Waals surface area contributed by atoms with Gasteiger partial charge in [-0.1, -0.05) is 6.92 Å². The Kier molecular flexibility index (Phi) is 4.04. The monoisotopic (exact) mass is 312 g/mol. The van der Waals surface area contributed by atoms with Crippen LogP contribution in [0.2, 0.25) is 0 Å². The van der Waals surface area contributed by atoms with Crippen molar-refractivity contribution in [2.75, 3.05) is 18.0 Å². The summed E-state index contributed by atoms with van der Waals surface area (Å²) in [5.74, 6) is 4.50. The quantitative estimate of drug-likeness (QED) is 0.920. The third-order valence-electron chi connectivity index (χ3n) is 4.98. The van der Waals surface area contributed by atoms with Crippen molar-refractivity contribution < 1.29 is 4.42 Å². The lowest BCUT2D eigenvalue weighted by molar-refractivity contribution is 0.384. The molecule has 1 N–H and O–H groups in total. The van der Waals surface area contributed by atoms with Gasteiger partial charge < -0.3 is 14.6 Å². The zero-order valence-electron chi connectivity index (χ0n) is 13.6. The maximum atomic E-state index is 5.98. The predicted octanol–water partition coefficient (Wildman–Crippen LogP) is 2.95.